The second-order valence-electron chi connectivity index (χ2n) is 9.59. The topological polar surface area (TPSA) is 87.7 Å². The lowest BCUT2D eigenvalue weighted by atomic mass is 9.96. The van der Waals surface area contributed by atoms with Gasteiger partial charge in [-0.2, -0.15) is 0 Å². The van der Waals surface area contributed by atoms with E-state index in [1.54, 1.807) is 7.11 Å². The Balaban J connectivity index is 1.50. The molecule has 0 aromatic heterocycles. The Bertz CT molecular complexity index is 1130. The molecule has 9 nitrogen and oxygen atoms in total. The monoisotopic (exact) mass is 493 g/mol. The molecule has 0 saturated carbocycles. The number of morpholine rings is 2. The fraction of sp³-hybridized carbons (Fsp3) is 0.481. The summed E-state index contributed by atoms with van der Waals surface area (Å²) in [5.41, 5.74) is 3.83. The summed E-state index contributed by atoms with van der Waals surface area (Å²) in [6.45, 7) is 9.61. The summed E-state index contributed by atoms with van der Waals surface area (Å²) < 4.78 is 16.4. The minimum Gasteiger partial charge on any atom is -0.497 e. The van der Waals surface area contributed by atoms with Gasteiger partial charge in [0.1, 0.15) is 11.4 Å². The van der Waals surface area contributed by atoms with E-state index in [-0.39, 0.29) is 11.9 Å². The molecule has 9 heteroatoms. The summed E-state index contributed by atoms with van der Waals surface area (Å²) in [7, 11) is 1.66. The van der Waals surface area contributed by atoms with E-state index in [9.17, 15) is 4.79 Å². The van der Waals surface area contributed by atoms with E-state index < -0.39 is 5.66 Å². The van der Waals surface area contributed by atoms with Crippen LogP contribution >= 0.6 is 0 Å². The van der Waals surface area contributed by atoms with Crippen LogP contribution in [0.2, 0.25) is 0 Å². The number of nitrogens with zero attached hydrogens (tertiary/aromatic N) is 3. The zero-order valence-corrected chi connectivity index (χ0v) is 21.3. The number of ether oxygens (including phenoxy) is 3. The first-order valence-electron chi connectivity index (χ1n) is 12.6. The van der Waals surface area contributed by atoms with Crippen molar-refractivity contribution in [3.8, 4) is 5.75 Å². The molecular weight excluding hydrogens is 458 g/mol. The summed E-state index contributed by atoms with van der Waals surface area (Å²) in [6, 6.07) is 11.7. The molecule has 2 fully saturated rings. The average Bonchev–Trinajstić information content (AvgIpc) is 2.93. The van der Waals surface area contributed by atoms with Gasteiger partial charge < -0.3 is 29.7 Å². The van der Waals surface area contributed by atoms with Crippen molar-refractivity contribution in [2.24, 2.45) is 4.99 Å². The smallest absolute Gasteiger partial charge is 0.254 e. The number of benzene rings is 2. The van der Waals surface area contributed by atoms with Crippen LogP contribution in [-0.4, -0.2) is 87.3 Å². The number of carbonyl (C=O) groups is 1. The third kappa shape index (κ3) is 5.04. The fourth-order valence-electron chi connectivity index (χ4n) is 5.01. The number of hydrogen-bond donors (Lipinski definition) is 2. The quantitative estimate of drug-likeness (QED) is 0.637. The summed E-state index contributed by atoms with van der Waals surface area (Å²) in [4.78, 5) is 22.5. The van der Waals surface area contributed by atoms with Crippen molar-refractivity contribution in [2.45, 2.75) is 25.6 Å². The Kier molecular flexibility index (Phi) is 7.13. The van der Waals surface area contributed by atoms with Crippen molar-refractivity contribution in [1.82, 2.24) is 9.80 Å². The predicted octanol–water partition coefficient (Wildman–Crippen LogP) is 3.52. The maximum Gasteiger partial charge on any atom is 0.254 e. The van der Waals surface area contributed by atoms with Gasteiger partial charge in [-0.25, -0.2) is 0 Å². The maximum atomic E-state index is 13.4. The van der Waals surface area contributed by atoms with Crippen LogP contribution in [0.4, 0.5) is 17.1 Å². The number of hydrogen-bond acceptors (Lipinski definition) is 8. The molecule has 2 unspecified atom stereocenters. The van der Waals surface area contributed by atoms with Gasteiger partial charge in [-0.15, -0.1) is 0 Å². The molecule has 2 atom stereocenters. The highest BCUT2D eigenvalue weighted by Gasteiger charge is 2.36. The van der Waals surface area contributed by atoms with Crippen LogP contribution in [0.5, 0.6) is 5.75 Å². The molecule has 36 heavy (non-hydrogen) atoms. The molecule has 2 saturated heterocycles. The Morgan fingerprint density at radius 1 is 1.11 bits per heavy atom. The number of aliphatic imine (C=N–C) groups is 1. The van der Waals surface area contributed by atoms with Gasteiger partial charge in [0.05, 0.1) is 51.0 Å². The minimum atomic E-state index is -0.447. The van der Waals surface area contributed by atoms with Crippen LogP contribution in [0, 0.1) is 0 Å². The molecule has 5 rings (SSSR count). The minimum absolute atomic E-state index is 0.00708. The average molecular weight is 494 g/mol. The van der Waals surface area contributed by atoms with E-state index in [2.05, 4.69) is 29.4 Å². The van der Waals surface area contributed by atoms with Crippen molar-refractivity contribution in [3.63, 3.8) is 0 Å². The Labute approximate surface area is 212 Å². The Morgan fingerprint density at radius 2 is 1.83 bits per heavy atom. The van der Waals surface area contributed by atoms with E-state index in [4.69, 9.17) is 19.2 Å². The highest BCUT2D eigenvalue weighted by molar-refractivity contribution is 5.98. The molecule has 3 aliphatic heterocycles. The number of amides is 1. The highest BCUT2D eigenvalue weighted by Crippen LogP contribution is 2.41. The van der Waals surface area contributed by atoms with Crippen molar-refractivity contribution in [3.05, 3.63) is 47.5 Å². The van der Waals surface area contributed by atoms with Gasteiger partial charge in [0.25, 0.3) is 5.91 Å². The number of fused-ring (bicyclic) bond motifs is 1. The Morgan fingerprint density at radius 3 is 2.56 bits per heavy atom. The van der Waals surface area contributed by atoms with Crippen LogP contribution in [0.25, 0.3) is 0 Å². The van der Waals surface area contributed by atoms with Gasteiger partial charge in [0.15, 0.2) is 0 Å². The molecule has 0 radical (unpaired) electrons. The number of nitrogens with one attached hydrogen (secondary N) is 2. The largest absolute Gasteiger partial charge is 0.497 e. The van der Waals surface area contributed by atoms with Gasteiger partial charge in [-0.05, 0) is 38.1 Å². The summed E-state index contributed by atoms with van der Waals surface area (Å²) in [5.74, 6) is 0.792. The molecule has 0 aliphatic carbocycles. The van der Waals surface area contributed by atoms with E-state index >= 15 is 0 Å². The van der Waals surface area contributed by atoms with Crippen LogP contribution in [0.15, 0.2) is 41.4 Å². The van der Waals surface area contributed by atoms with Gasteiger partial charge in [-0.3, -0.25) is 14.7 Å². The van der Waals surface area contributed by atoms with Crippen LogP contribution in [-0.2, 0) is 9.47 Å². The maximum absolute atomic E-state index is 13.4. The lowest BCUT2D eigenvalue weighted by molar-refractivity contribution is 0.0133. The molecule has 3 aliphatic rings. The molecule has 1 amide bonds. The van der Waals surface area contributed by atoms with Gasteiger partial charge >= 0.3 is 0 Å². The van der Waals surface area contributed by atoms with Crippen molar-refractivity contribution >= 4 is 29.2 Å². The standard InChI is InChI=1S/C27H35N5O4/c1-19(29-21-5-4-6-22(17-21)34-3)23-15-20(26(33)31-7-11-35-12-8-31)16-24-25(23)30-27(2,18-28-24)32-9-13-36-14-10-32/h4-6,15-19,29-30H,7-14H2,1-3H3. The third-order valence-electron chi connectivity index (χ3n) is 7.11. The number of anilines is 2. The second-order valence-corrected chi connectivity index (χ2v) is 9.59. The van der Waals surface area contributed by atoms with Gasteiger partial charge in [0.2, 0.25) is 0 Å². The SMILES string of the molecule is COc1cccc(NC(C)c2cc(C(=O)N3CCOCC3)cc3c2NC(C)(N2CCOCC2)C=N3)c1. The molecule has 192 valence electrons. The van der Waals surface area contributed by atoms with E-state index in [1.165, 1.54) is 0 Å². The van der Waals surface area contributed by atoms with Gasteiger partial charge in [0, 0.05) is 55.3 Å². The lowest BCUT2D eigenvalue weighted by Gasteiger charge is -2.44. The van der Waals surface area contributed by atoms with E-state index in [0.717, 1.165) is 41.5 Å². The molecule has 3 heterocycles. The lowest BCUT2D eigenvalue weighted by Crippen LogP contribution is -2.58. The predicted molar refractivity (Wildman–Crippen MR) is 141 cm³/mol. The second kappa shape index (κ2) is 10.5. The van der Waals surface area contributed by atoms with Crippen molar-refractivity contribution in [1.29, 1.82) is 0 Å². The van der Waals surface area contributed by atoms with Crippen molar-refractivity contribution in [2.75, 3.05) is 70.3 Å². The first-order chi connectivity index (χ1) is 17.5. The zero-order chi connectivity index (χ0) is 25.1. The molecular formula is C27H35N5O4. The van der Waals surface area contributed by atoms with Crippen LogP contribution in [0.1, 0.15) is 35.8 Å². The number of carbonyl (C=O) groups excluding carboxylic acids is 1. The van der Waals surface area contributed by atoms with Gasteiger partial charge in [-0.1, -0.05) is 6.07 Å². The molecule has 2 N–H and O–H groups in total. The Hall–Kier alpha value is -3.14. The fourth-order valence-corrected chi connectivity index (χ4v) is 5.01. The van der Waals surface area contributed by atoms with Crippen LogP contribution < -0.4 is 15.4 Å². The summed E-state index contributed by atoms with van der Waals surface area (Å²) in [5, 5.41) is 7.34. The third-order valence-corrected chi connectivity index (χ3v) is 7.11. The number of rotatable bonds is 6. The first kappa shape index (κ1) is 24.5. The molecule has 2 aromatic rings. The highest BCUT2D eigenvalue weighted by atomic mass is 16.5. The van der Waals surface area contributed by atoms with Crippen molar-refractivity contribution < 1.29 is 19.0 Å². The normalized spacial score (nSPS) is 22.9. The van der Waals surface area contributed by atoms with E-state index in [0.29, 0.717) is 45.1 Å². The zero-order valence-electron chi connectivity index (χ0n) is 21.3. The summed E-state index contributed by atoms with van der Waals surface area (Å²) >= 11 is 0. The molecule has 0 bridgehead atoms. The molecule has 2 aromatic carbocycles. The van der Waals surface area contributed by atoms with Crippen LogP contribution in [0.3, 0.4) is 0 Å². The van der Waals surface area contributed by atoms with E-state index in [1.807, 2.05) is 47.5 Å². The first-order valence-corrected chi connectivity index (χ1v) is 12.6. The number of methoxy groups -OCH3 is 1. The summed E-state index contributed by atoms with van der Waals surface area (Å²) in [6.07, 6.45) is 1.95. The molecule has 0 spiro atoms.